The number of aliphatic hydroxyl groups is 1. The minimum atomic E-state index is -1.39. The molecule has 4 N–H and O–H groups in total. The first-order valence-electron chi connectivity index (χ1n) is 22.0. The van der Waals surface area contributed by atoms with Crippen LogP contribution in [-0.4, -0.2) is 59.3 Å². The summed E-state index contributed by atoms with van der Waals surface area (Å²) in [6.45, 7) is 3.36. The maximum atomic E-state index is 12.8. The number of allylic oxidation sites excluding steroid dienone is 8. The summed E-state index contributed by atoms with van der Waals surface area (Å²) in [4.78, 5) is 47.6. The van der Waals surface area contributed by atoms with E-state index in [2.05, 4.69) is 73.1 Å². The van der Waals surface area contributed by atoms with E-state index in [0.29, 0.717) is 12.8 Å². The number of amides is 2. The Balaban J connectivity index is 4.41. The molecule has 2 unspecified atom stereocenters. The van der Waals surface area contributed by atoms with Gasteiger partial charge in [-0.25, -0.2) is 4.79 Å². The Morgan fingerprint density at radius 1 is 0.564 bits per heavy atom. The molecule has 0 saturated heterocycles. The maximum absolute atomic E-state index is 12.8. The first-order chi connectivity index (χ1) is 26.8. The van der Waals surface area contributed by atoms with Gasteiger partial charge in [-0.05, 0) is 64.2 Å². The third-order valence-electron chi connectivity index (χ3n) is 9.60. The van der Waals surface area contributed by atoms with Crippen LogP contribution in [0.5, 0.6) is 0 Å². The average Bonchev–Trinajstić information content (AvgIpc) is 3.17. The highest BCUT2D eigenvalue weighted by Crippen LogP contribution is 2.17. The number of carboxylic acid groups (broad SMARTS) is 1. The van der Waals surface area contributed by atoms with Crippen molar-refractivity contribution >= 4 is 23.8 Å². The molecule has 0 fully saturated rings. The summed E-state index contributed by atoms with van der Waals surface area (Å²) in [5.41, 5.74) is 0. The van der Waals surface area contributed by atoms with Crippen molar-refractivity contribution in [3.05, 3.63) is 48.6 Å². The molecule has 0 radical (unpaired) electrons. The molecule has 0 aliphatic rings. The van der Waals surface area contributed by atoms with Crippen LogP contribution in [0.1, 0.15) is 194 Å². The normalized spacial score (nSPS) is 12.9. The number of hydrogen-bond acceptors (Lipinski definition) is 6. The van der Waals surface area contributed by atoms with E-state index in [-0.39, 0.29) is 30.9 Å². The van der Waals surface area contributed by atoms with Crippen molar-refractivity contribution in [3.63, 3.8) is 0 Å². The Kier molecular flexibility index (Phi) is 38.1. The molecular weight excluding hydrogens is 693 g/mol. The van der Waals surface area contributed by atoms with Gasteiger partial charge in [-0.3, -0.25) is 14.4 Å². The first kappa shape index (κ1) is 51.8. The van der Waals surface area contributed by atoms with Gasteiger partial charge in [0.1, 0.15) is 12.1 Å². The molecule has 0 aliphatic heterocycles. The predicted molar refractivity (Wildman–Crippen MR) is 227 cm³/mol. The Hall–Kier alpha value is -3.20. The highest BCUT2D eigenvalue weighted by Gasteiger charge is 2.19. The molecule has 0 aromatic carbocycles. The monoisotopic (exact) mass is 773 g/mol. The van der Waals surface area contributed by atoms with E-state index in [9.17, 15) is 19.2 Å². The number of ether oxygens (including phenoxy) is 1. The summed E-state index contributed by atoms with van der Waals surface area (Å²) in [5, 5.41) is 22.5. The van der Waals surface area contributed by atoms with Gasteiger partial charge in [0.05, 0.1) is 13.2 Å². The molecule has 2 atom stereocenters. The lowest BCUT2D eigenvalue weighted by Gasteiger charge is -2.17. The molecule has 0 aliphatic carbocycles. The molecule has 55 heavy (non-hydrogen) atoms. The highest BCUT2D eigenvalue weighted by molar-refractivity contribution is 5.87. The molecule has 0 heterocycles. The van der Waals surface area contributed by atoms with E-state index in [4.69, 9.17) is 14.9 Å². The van der Waals surface area contributed by atoms with Gasteiger partial charge in [0.2, 0.25) is 11.8 Å². The molecule has 316 valence electrons. The summed E-state index contributed by atoms with van der Waals surface area (Å²) >= 11 is 0. The Morgan fingerprint density at radius 2 is 1.04 bits per heavy atom. The Bertz CT molecular complexity index is 1070. The standard InChI is InChI=1S/C46H80N2O7/c1-3-5-7-9-11-13-15-17-19-21-23-25-30-34-38-45(52)55-41(35-31-27-24-22-20-18-16-14-12-10-8-6-4-2)36-32-28-26-29-33-37-43(50)47-39-44(51)48-42(40-49)46(53)54/h6,8,12,14,18,20,24,27,41-42,49H,3-5,7,9-11,13,15-17,19,21-23,25-26,28-40H2,1-2H3,(H,47,50)(H,48,51)(H,53,54)/b8-6-,14-12-,20-18-,27-24-. The van der Waals surface area contributed by atoms with Gasteiger partial charge in [-0.1, -0.05) is 165 Å². The molecule has 0 aromatic rings. The summed E-state index contributed by atoms with van der Waals surface area (Å²) in [6.07, 6.45) is 47.1. The number of esters is 1. The molecule has 2 amide bonds. The van der Waals surface area contributed by atoms with Crippen LogP contribution < -0.4 is 10.6 Å². The van der Waals surface area contributed by atoms with Crippen molar-refractivity contribution < 1.29 is 34.1 Å². The minimum absolute atomic E-state index is 0.0800. The van der Waals surface area contributed by atoms with Crippen molar-refractivity contribution in [2.24, 2.45) is 0 Å². The lowest BCUT2D eigenvalue weighted by atomic mass is 10.0. The summed E-state index contributed by atoms with van der Waals surface area (Å²) in [5.74, 6) is -2.35. The van der Waals surface area contributed by atoms with E-state index in [1.807, 2.05) is 0 Å². The van der Waals surface area contributed by atoms with Crippen molar-refractivity contribution in [3.8, 4) is 0 Å². The second-order valence-electron chi connectivity index (χ2n) is 14.8. The maximum Gasteiger partial charge on any atom is 0.328 e. The second-order valence-corrected chi connectivity index (χ2v) is 14.8. The lowest BCUT2D eigenvalue weighted by molar-refractivity contribution is -0.150. The van der Waals surface area contributed by atoms with Gasteiger partial charge in [0, 0.05) is 12.8 Å². The van der Waals surface area contributed by atoms with Crippen molar-refractivity contribution in [2.45, 2.75) is 206 Å². The predicted octanol–water partition coefficient (Wildman–Crippen LogP) is 10.8. The molecule has 9 heteroatoms. The van der Waals surface area contributed by atoms with Crippen LogP contribution in [0.2, 0.25) is 0 Å². The fourth-order valence-corrected chi connectivity index (χ4v) is 6.24. The highest BCUT2D eigenvalue weighted by atomic mass is 16.5. The number of carboxylic acids is 1. The largest absolute Gasteiger partial charge is 0.480 e. The van der Waals surface area contributed by atoms with Crippen LogP contribution in [0.15, 0.2) is 48.6 Å². The van der Waals surface area contributed by atoms with Gasteiger partial charge < -0.3 is 25.6 Å². The van der Waals surface area contributed by atoms with E-state index in [1.165, 1.54) is 77.0 Å². The molecule has 9 nitrogen and oxygen atoms in total. The lowest BCUT2D eigenvalue weighted by Crippen LogP contribution is -2.47. The molecule has 0 aromatic heterocycles. The molecule has 0 bridgehead atoms. The van der Waals surface area contributed by atoms with Gasteiger partial charge in [0.15, 0.2) is 0 Å². The fraction of sp³-hybridized carbons (Fsp3) is 0.739. The van der Waals surface area contributed by atoms with Crippen LogP contribution in [0.25, 0.3) is 0 Å². The van der Waals surface area contributed by atoms with Gasteiger partial charge in [-0.15, -0.1) is 0 Å². The number of rotatable bonds is 39. The molecule has 0 spiro atoms. The van der Waals surface area contributed by atoms with Crippen LogP contribution >= 0.6 is 0 Å². The van der Waals surface area contributed by atoms with Crippen LogP contribution in [-0.2, 0) is 23.9 Å². The van der Waals surface area contributed by atoms with E-state index < -0.39 is 24.5 Å². The third kappa shape index (κ3) is 37.5. The zero-order valence-electron chi connectivity index (χ0n) is 34.9. The quantitative estimate of drug-likeness (QED) is 0.0277. The van der Waals surface area contributed by atoms with E-state index in [0.717, 1.165) is 83.5 Å². The van der Waals surface area contributed by atoms with Crippen molar-refractivity contribution in [2.75, 3.05) is 13.2 Å². The van der Waals surface area contributed by atoms with Crippen LogP contribution in [0.3, 0.4) is 0 Å². The number of hydrogen-bond donors (Lipinski definition) is 4. The number of aliphatic carboxylic acids is 1. The summed E-state index contributed by atoms with van der Waals surface area (Å²) in [7, 11) is 0. The molecule has 0 rings (SSSR count). The first-order valence-corrected chi connectivity index (χ1v) is 22.0. The summed E-state index contributed by atoms with van der Waals surface area (Å²) in [6, 6.07) is -1.39. The zero-order valence-corrected chi connectivity index (χ0v) is 34.9. The summed E-state index contributed by atoms with van der Waals surface area (Å²) < 4.78 is 5.99. The van der Waals surface area contributed by atoms with Gasteiger partial charge >= 0.3 is 11.9 Å². The fourth-order valence-electron chi connectivity index (χ4n) is 6.24. The SMILES string of the molecule is CC/C=C\C/C=C\C/C=C\C/C=C\CCC(CCCCCCCC(=O)NCC(=O)NC(CO)C(=O)O)OC(=O)CCCCCCCCCCCCCCCC. The molecule has 0 saturated carbocycles. The zero-order chi connectivity index (χ0) is 40.5. The number of nitrogens with one attached hydrogen (secondary N) is 2. The number of carbonyl (C=O) groups excluding carboxylic acids is 3. The van der Waals surface area contributed by atoms with Crippen molar-refractivity contribution in [1.29, 1.82) is 0 Å². The number of carbonyl (C=O) groups is 4. The Labute approximate surface area is 335 Å². The van der Waals surface area contributed by atoms with Crippen molar-refractivity contribution in [1.82, 2.24) is 10.6 Å². The smallest absolute Gasteiger partial charge is 0.328 e. The van der Waals surface area contributed by atoms with Gasteiger partial charge in [-0.2, -0.15) is 0 Å². The molecular formula is C46H80N2O7. The second kappa shape index (κ2) is 40.5. The van der Waals surface area contributed by atoms with Crippen LogP contribution in [0.4, 0.5) is 0 Å². The number of aliphatic hydroxyl groups excluding tert-OH is 1. The minimum Gasteiger partial charge on any atom is -0.480 e. The average molecular weight is 773 g/mol. The van der Waals surface area contributed by atoms with Gasteiger partial charge in [0.25, 0.3) is 0 Å². The van der Waals surface area contributed by atoms with E-state index in [1.54, 1.807) is 0 Å². The topological polar surface area (TPSA) is 142 Å². The number of unbranched alkanes of at least 4 members (excludes halogenated alkanes) is 17. The Morgan fingerprint density at radius 3 is 1.55 bits per heavy atom. The third-order valence-corrected chi connectivity index (χ3v) is 9.60. The van der Waals surface area contributed by atoms with E-state index >= 15 is 0 Å². The van der Waals surface area contributed by atoms with Crippen LogP contribution in [0, 0.1) is 0 Å².